The number of carboxylic acid groups (broad SMARTS) is 1. The Balaban J connectivity index is 1.26. The number of carboxylic acids is 1. The summed E-state index contributed by atoms with van der Waals surface area (Å²) < 4.78 is 13.0. The number of hydrogen-bond donors (Lipinski definition) is 5. The number of nitrogens with one attached hydrogen (secondary N) is 2. The zero-order chi connectivity index (χ0) is 34.6. The van der Waals surface area contributed by atoms with Crippen LogP contribution in [-0.4, -0.2) is 45.1 Å². The van der Waals surface area contributed by atoms with E-state index in [9.17, 15) is 24.6 Å². The van der Waals surface area contributed by atoms with Gasteiger partial charge in [-0.25, -0.2) is 10.3 Å². The zero-order valence-electron chi connectivity index (χ0n) is 26.9. The third-order valence-electron chi connectivity index (χ3n) is 8.32. The fourth-order valence-electron chi connectivity index (χ4n) is 5.59. The number of amides is 2. The van der Waals surface area contributed by atoms with E-state index in [2.05, 4.69) is 5.32 Å². The van der Waals surface area contributed by atoms with E-state index in [0.29, 0.717) is 38.0 Å². The lowest BCUT2D eigenvalue weighted by atomic mass is 9.97. The van der Waals surface area contributed by atoms with Crippen LogP contribution in [0.3, 0.4) is 0 Å². The number of hydroxylamine groups is 1. The molecule has 0 bridgehead atoms. The molecule has 3 unspecified atom stereocenters. The minimum Gasteiger partial charge on any atom is -0.478 e. The number of benzene rings is 4. The Labute approximate surface area is 289 Å². The second-order valence-corrected chi connectivity index (χ2v) is 12.9. The van der Waals surface area contributed by atoms with Gasteiger partial charge in [0.05, 0.1) is 24.4 Å². The van der Waals surface area contributed by atoms with Gasteiger partial charge in [0.2, 0.25) is 11.8 Å². The Kier molecular flexibility index (Phi) is 13.0. The van der Waals surface area contributed by atoms with Crippen LogP contribution in [0.4, 0.5) is 0 Å². The molecule has 49 heavy (non-hydrogen) atoms. The van der Waals surface area contributed by atoms with Crippen LogP contribution in [-0.2, 0) is 32.2 Å². The SMILES string of the molecule is O=C(CCCCC(=O)NCc1ccccc1-c1ccc(C2OC(CSc3ccc(C(=O)O)cc3)CC(c3ccc(CO)cc3)O2)cc1)NO. The molecule has 5 N–H and O–H groups in total. The van der Waals surface area contributed by atoms with Crippen LogP contribution in [0, 0.1) is 0 Å². The van der Waals surface area contributed by atoms with Gasteiger partial charge in [-0.15, -0.1) is 11.8 Å². The molecule has 1 aliphatic heterocycles. The predicted molar refractivity (Wildman–Crippen MR) is 185 cm³/mol. The summed E-state index contributed by atoms with van der Waals surface area (Å²) >= 11 is 1.60. The highest BCUT2D eigenvalue weighted by Gasteiger charge is 2.32. The van der Waals surface area contributed by atoms with Crippen LogP contribution in [0.5, 0.6) is 0 Å². The average Bonchev–Trinajstić information content (AvgIpc) is 3.15. The van der Waals surface area contributed by atoms with Crippen LogP contribution in [0.2, 0.25) is 0 Å². The van der Waals surface area contributed by atoms with Crippen molar-refractivity contribution in [2.45, 2.75) is 68.6 Å². The molecule has 2 amide bonds. The lowest BCUT2D eigenvalue weighted by Gasteiger charge is -2.36. The lowest BCUT2D eigenvalue weighted by molar-refractivity contribution is -0.245. The summed E-state index contributed by atoms with van der Waals surface area (Å²) in [6.45, 7) is 0.324. The van der Waals surface area contributed by atoms with Crippen LogP contribution in [0.1, 0.15) is 77.1 Å². The maximum absolute atomic E-state index is 12.4. The van der Waals surface area contributed by atoms with E-state index in [4.69, 9.17) is 14.7 Å². The summed E-state index contributed by atoms with van der Waals surface area (Å²) in [6, 6.07) is 30.4. The normalized spacial score (nSPS) is 17.3. The number of thioether (sulfide) groups is 1. The molecule has 0 spiro atoms. The third-order valence-corrected chi connectivity index (χ3v) is 9.47. The molecule has 1 fully saturated rings. The first-order valence-electron chi connectivity index (χ1n) is 16.2. The Bertz CT molecular complexity index is 1700. The van der Waals surface area contributed by atoms with Gasteiger partial charge in [0.15, 0.2) is 6.29 Å². The van der Waals surface area contributed by atoms with Crippen LogP contribution in [0.15, 0.2) is 102 Å². The largest absolute Gasteiger partial charge is 0.478 e. The fraction of sp³-hybridized carbons (Fsp3) is 0.289. The number of aliphatic hydroxyl groups is 1. The quantitative estimate of drug-likeness (QED) is 0.0405. The summed E-state index contributed by atoms with van der Waals surface area (Å²) in [5.74, 6) is -0.880. The number of carbonyl (C=O) groups excluding carboxylic acids is 2. The maximum Gasteiger partial charge on any atom is 0.335 e. The summed E-state index contributed by atoms with van der Waals surface area (Å²) in [5, 5.41) is 30.3. The van der Waals surface area contributed by atoms with Crippen molar-refractivity contribution in [2.75, 3.05) is 5.75 Å². The Morgan fingerprint density at radius 2 is 1.47 bits per heavy atom. The summed E-state index contributed by atoms with van der Waals surface area (Å²) in [5.41, 5.74) is 7.46. The van der Waals surface area contributed by atoms with Crippen molar-refractivity contribution in [1.29, 1.82) is 0 Å². The van der Waals surface area contributed by atoms with E-state index >= 15 is 0 Å². The van der Waals surface area contributed by atoms with Crippen molar-refractivity contribution >= 4 is 29.5 Å². The standard InChI is InChI=1S/C38H40N2O8S/c41-23-25-9-11-27(12-10-25)34-21-31(24-49-32-19-17-28(18-20-32)37(44)45)47-38(48-34)29-15-13-26(14-16-29)33-6-2-1-5-30(33)22-39-35(42)7-3-4-8-36(43)40-46/h1-2,5-6,9-20,31,34,38,41,46H,3-4,7-8,21-24H2,(H,39,42)(H,40,43)(H,44,45). The maximum atomic E-state index is 12.4. The van der Waals surface area contributed by atoms with Crippen molar-refractivity contribution in [3.8, 4) is 11.1 Å². The van der Waals surface area contributed by atoms with Gasteiger partial charge in [-0.1, -0.05) is 72.8 Å². The second-order valence-electron chi connectivity index (χ2n) is 11.8. The molecule has 0 aromatic heterocycles. The van der Waals surface area contributed by atoms with E-state index in [1.165, 1.54) is 0 Å². The van der Waals surface area contributed by atoms with Gasteiger partial charge in [-0.05, 0) is 64.9 Å². The molecule has 0 aliphatic carbocycles. The third kappa shape index (κ3) is 10.2. The number of unbranched alkanes of at least 4 members (excludes halogenated alkanes) is 1. The molecule has 1 saturated heterocycles. The number of aliphatic hydroxyl groups excluding tert-OH is 1. The predicted octanol–water partition coefficient (Wildman–Crippen LogP) is 6.56. The minimum absolute atomic E-state index is 0.0350. The van der Waals surface area contributed by atoms with Gasteiger partial charge in [0, 0.05) is 42.0 Å². The molecule has 4 aromatic carbocycles. The van der Waals surface area contributed by atoms with Gasteiger partial charge < -0.3 is 25.0 Å². The summed E-state index contributed by atoms with van der Waals surface area (Å²) in [6.07, 6.45) is 1.14. The number of hydrogen-bond acceptors (Lipinski definition) is 8. The van der Waals surface area contributed by atoms with E-state index in [0.717, 1.165) is 38.3 Å². The van der Waals surface area contributed by atoms with Crippen molar-refractivity contribution in [3.05, 3.63) is 125 Å². The number of rotatable bonds is 15. The second kappa shape index (κ2) is 17.8. The molecule has 3 atom stereocenters. The van der Waals surface area contributed by atoms with Gasteiger partial charge in [-0.3, -0.25) is 14.8 Å². The van der Waals surface area contributed by atoms with Crippen LogP contribution < -0.4 is 10.8 Å². The molecule has 0 radical (unpaired) electrons. The van der Waals surface area contributed by atoms with Crippen molar-refractivity contribution < 1.29 is 39.3 Å². The number of carbonyl (C=O) groups is 3. The molecule has 10 nitrogen and oxygen atoms in total. The summed E-state index contributed by atoms with van der Waals surface area (Å²) in [4.78, 5) is 35.8. The topological polar surface area (TPSA) is 154 Å². The molecular weight excluding hydrogens is 644 g/mol. The van der Waals surface area contributed by atoms with E-state index in [-0.39, 0.29) is 36.7 Å². The summed E-state index contributed by atoms with van der Waals surface area (Å²) in [7, 11) is 0. The Hall–Kier alpha value is -4.52. The lowest BCUT2D eigenvalue weighted by Crippen LogP contribution is -2.31. The smallest absolute Gasteiger partial charge is 0.335 e. The van der Waals surface area contributed by atoms with Gasteiger partial charge in [0.1, 0.15) is 0 Å². The minimum atomic E-state index is -0.959. The molecule has 256 valence electrons. The van der Waals surface area contributed by atoms with Gasteiger partial charge in [-0.2, -0.15) is 0 Å². The Morgan fingerprint density at radius 3 is 2.14 bits per heavy atom. The molecule has 1 aliphatic rings. The average molecular weight is 685 g/mol. The first kappa shape index (κ1) is 35.8. The first-order chi connectivity index (χ1) is 23.8. The monoisotopic (exact) mass is 684 g/mol. The van der Waals surface area contributed by atoms with E-state index in [1.54, 1.807) is 41.5 Å². The van der Waals surface area contributed by atoms with Crippen molar-refractivity contribution in [1.82, 2.24) is 10.8 Å². The van der Waals surface area contributed by atoms with Gasteiger partial charge in [0.25, 0.3) is 0 Å². The zero-order valence-corrected chi connectivity index (χ0v) is 27.7. The van der Waals surface area contributed by atoms with Crippen LogP contribution >= 0.6 is 11.8 Å². The Morgan fingerprint density at radius 1 is 0.796 bits per heavy atom. The van der Waals surface area contributed by atoms with Crippen molar-refractivity contribution in [2.24, 2.45) is 0 Å². The molecule has 1 heterocycles. The van der Waals surface area contributed by atoms with Gasteiger partial charge >= 0.3 is 5.97 Å². The number of ether oxygens (including phenoxy) is 2. The molecule has 5 rings (SSSR count). The van der Waals surface area contributed by atoms with E-state index in [1.807, 2.05) is 72.8 Å². The highest BCUT2D eigenvalue weighted by molar-refractivity contribution is 7.99. The molecule has 4 aromatic rings. The van der Waals surface area contributed by atoms with Crippen LogP contribution in [0.25, 0.3) is 11.1 Å². The van der Waals surface area contributed by atoms with E-state index < -0.39 is 18.2 Å². The molecule has 0 saturated carbocycles. The number of aromatic carboxylic acids is 1. The molecular formula is C38H40N2O8S. The highest BCUT2D eigenvalue weighted by atomic mass is 32.2. The first-order valence-corrected chi connectivity index (χ1v) is 17.2. The van der Waals surface area contributed by atoms with Crippen molar-refractivity contribution in [3.63, 3.8) is 0 Å². The molecule has 11 heteroatoms. The fourth-order valence-corrected chi connectivity index (χ4v) is 6.51. The highest BCUT2D eigenvalue weighted by Crippen LogP contribution is 2.40.